The van der Waals surface area contributed by atoms with Crippen molar-refractivity contribution in [1.82, 2.24) is 0 Å². The van der Waals surface area contributed by atoms with E-state index in [0.717, 1.165) is 43.9 Å². The van der Waals surface area contributed by atoms with E-state index in [1.807, 2.05) is 0 Å². The minimum atomic E-state index is 0.0517. The zero-order chi connectivity index (χ0) is 11.9. The second-order valence-electron chi connectivity index (χ2n) is 5.17. The molecule has 0 amide bonds. The maximum Gasteiger partial charge on any atom is 0.0822 e. The molecule has 2 nitrogen and oxygen atoms in total. The minimum Gasteiger partial charge on any atom is -0.381 e. The molecular weight excluding hydrogens is 268 g/mol. The average Bonchev–Trinajstić information content (AvgIpc) is 2.29. The fourth-order valence-electron chi connectivity index (χ4n) is 2.00. The Morgan fingerprint density at radius 3 is 2.50 bits per heavy atom. The van der Waals surface area contributed by atoms with Crippen molar-refractivity contribution < 1.29 is 9.47 Å². The first-order valence-corrected chi connectivity index (χ1v) is 7.58. The Kier molecular flexibility index (Phi) is 6.94. The Labute approximate surface area is 108 Å². The van der Waals surface area contributed by atoms with Gasteiger partial charge in [0.15, 0.2) is 0 Å². The third kappa shape index (κ3) is 5.15. The first-order valence-electron chi connectivity index (χ1n) is 6.46. The molecule has 3 heteroatoms. The zero-order valence-corrected chi connectivity index (χ0v) is 12.2. The predicted molar refractivity (Wildman–Crippen MR) is 71.2 cm³/mol. The van der Waals surface area contributed by atoms with Gasteiger partial charge in [-0.2, -0.15) is 0 Å². The molecule has 1 heterocycles. The van der Waals surface area contributed by atoms with Crippen LogP contribution in [0.2, 0.25) is 0 Å². The van der Waals surface area contributed by atoms with Gasteiger partial charge in [-0.05, 0) is 12.3 Å². The molecule has 0 aromatic rings. The van der Waals surface area contributed by atoms with Crippen molar-refractivity contribution in [3.63, 3.8) is 0 Å². The lowest BCUT2D eigenvalue weighted by molar-refractivity contribution is -0.0960. The summed E-state index contributed by atoms with van der Waals surface area (Å²) in [6.45, 7) is 7.14. The van der Waals surface area contributed by atoms with Crippen molar-refractivity contribution in [1.29, 1.82) is 0 Å². The molecular formula is C13H25BrO2. The van der Waals surface area contributed by atoms with E-state index in [-0.39, 0.29) is 5.60 Å². The smallest absolute Gasteiger partial charge is 0.0822 e. The van der Waals surface area contributed by atoms with Gasteiger partial charge in [0.1, 0.15) is 0 Å². The lowest BCUT2D eigenvalue weighted by Crippen LogP contribution is -2.41. The Balaban J connectivity index is 2.13. The van der Waals surface area contributed by atoms with Crippen LogP contribution >= 0.6 is 15.9 Å². The highest BCUT2D eigenvalue weighted by atomic mass is 79.9. The zero-order valence-electron chi connectivity index (χ0n) is 10.6. The van der Waals surface area contributed by atoms with E-state index in [4.69, 9.17) is 9.47 Å². The lowest BCUT2D eigenvalue weighted by atomic mass is 9.96. The summed E-state index contributed by atoms with van der Waals surface area (Å²) in [5.41, 5.74) is 0.0517. The van der Waals surface area contributed by atoms with Gasteiger partial charge in [-0.15, -0.1) is 0 Å². The van der Waals surface area contributed by atoms with Crippen LogP contribution in [0.25, 0.3) is 0 Å². The molecule has 0 radical (unpaired) electrons. The Hall–Kier alpha value is 0.400. The van der Waals surface area contributed by atoms with Crippen molar-refractivity contribution in [3.05, 3.63) is 0 Å². The first-order chi connectivity index (χ1) is 7.68. The Morgan fingerprint density at radius 2 is 1.94 bits per heavy atom. The van der Waals surface area contributed by atoms with E-state index in [0.29, 0.717) is 0 Å². The molecule has 0 saturated carbocycles. The van der Waals surface area contributed by atoms with Gasteiger partial charge in [0.25, 0.3) is 0 Å². The van der Waals surface area contributed by atoms with Crippen LogP contribution in [0, 0.1) is 5.92 Å². The van der Waals surface area contributed by atoms with Crippen LogP contribution in [-0.4, -0.2) is 30.8 Å². The summed E-state index contributed by atoms with van der Waals surface area (Å²) in [7, 11) is 0. The highest BCUT2D eigenvalue weighted by Gasteiger charge is 2.32. The largest absolute Gasteiger partial charge is 0.381 e. The van der Waals surface area contributed by atoms with Crippen LogP contribution in [0.4, 0.5) is 0 Å². The van der Waals surface area contributed by atoms with E-state index in [1.54, 1.807) is 0 Å². The van der Waals surface area contributed by atoms with Gasteiger partial charge >= 0.3 is 0 Å². The maximum absolute atomic E-state index is 6.07. The quantitative estimate of drug-likeness (QED) is 0.525. The van der Waals surface area contributed by atoms with Crippen molar-refractivity contribution in [2.75, 3.05) is 25.2 Å². The molecule has 1 saturated heterocycles. The molecule has 1 aliphatic heterocycles. The molecule has 0 aliphatic carbocycles. The average molecular weight is 293 g/mol. The van der Waals surface area contributed by atoms with Crippen LogP contribution in [0.15, 0.2) is 0 Å². The normalized spacial score (nSPS) is 20.2. The van der Waals surface area contributed by atoms with Gasteiger partial charge in [-0.25, -0.2) is 0 Å². The van der Waals surface area contributed by atoms with Crippen LogP contribution in [0.3, 0.4) is 0 Å². The summed E-state index contributed by atoms with van der Waals surface area (Å²) >= 11 is 3.58. The molecule has 96 valence electrons. The lowest BCUT2D eigenvalue weighted by Gasteiger charge is -2.35. The fraction of sp³-hybridized carbons (Fsp3) is 1.00. The summed E-state index contributed by atoms with van der Waals surface area (Å²) in [6, 6.07) is 0. The molecule has 0 spiro atoms. The van der Waals surface area contributed by atoms with Gasteiger partial charge in [0.2, 0.25) is 0 Å². The maximum atomic E-state index is 6.07. The molecule has 0 unspecified atom stereocenters. The molecule has 1 aliphatic rings. The van der Waals surface area contributed by atoms with Crippen LogP contribution in [-0.2, 0) is 9.47 Å². The van der Waals surface area contributed by atoms with Gasteiger partial charge < -0.3 is 9.47 Å². The number of hydrogen-bond donors (Lipinski definition) is 0. The second-order valence-corrected chi connectivity index (χ2v) is 5.73. The third-order valence-corrected chi connectivity index (χ3v) is 4.25. The number of alkyl halides is 1. The summed E-state index contributed by atoms with van der Waals surface area (Å²) in [5, 5.41) is 0.938. The number of ether oxygens (including phenoxy) is 2. The Morgan fingerprint density at radius 1 is 1.25 bits per heavy atom. The number of hydrogen-bond acceptors (Lipinski definition) is 2. The molecule has 0 aromatic heterocycles. The number of unbranched alkanes of at least 4 members (excludes halogenated alkanes) is 1. The van der Waals surface area contributed by atoms with Crippen LogP contribution in [0.5, 0.6) is 0 Å². The highest BCUT2D eigenvalue weighted by molar-refractivity contribution is 9.09. The van der Waals surface area contributed by atoms with E-state index < -0.39 is 0 Å². The van der Waals surface area contributed by atoms with Crippen molar-refractivity contribution >= 4 is 15.9 Å². The minimum absolute atomic E-state index is 0.0517. The van der Waals surface area contributed by atoms with Gasteiger partial charge in [-0.1, -0.05) is 42.6 Å². The standard InChI is InChI=1S/C13H25BrO2/c1-12(2)5-3-4-8-16-13(11-14)6-9-15-10-7-13/h12H,3-11H2,1-2H3. The molecule has 1 fully saturated rings. The molecule has 0 N–H and O–H groups in total. The number of rotatable bonds is 7. The third-order valence-electron chi connectivity index (χ3n) is 3.23. The summed E-state index contributed by atoms with van der Waals surface area (Å²) in [4.78, 5) is 0. The number of halogens is 1. The molecule has 16 heavy (non-hydrogen) atoms. The summed E-state index contributed by atoms with van der Waals surface area (Å²) in [5.74, 6) is 0.813. The SMILES string of the molecule is CC(C)CCCCOC1(CBr)CCOCC1. The van der Waals surface area contributed by atoms with E-state index >= 15 is 0 Å². The Bertz CT molecular complexity index is 177. The first kappa shape index (κ1) is 14.5. The van der Waals surface area contributed by atoms with Crippen molar-refractivity contribution in [3.8, 4) is 0 Å². The van der Waals surface area contributed by atoms with Crippen LogP contribution in [0.1, 0.15) is 46.0 Å². The van der Waals surface area contributed by atoms with Gasteiger partial charge in [-0.3, -0.25) is 0 Å². The monoisotopic (exact) mass is 292 g/mol. The summed E-state index contributed by atoms with van der Waals surface area (Å²) < 4.78 is 11.5. The molecule has 0 atom stereocenters. The fourth-order valence-corrected chi connectivity index (χ4v) is 2.73. The van der Waals surface area contributed by atoms with Gasteiger partial charge in [0.05, 0.1) is 5.60 Å². The highest BCUT2D eigenvalue weighted by Crippen LogP contribution is 2.27. The topological polar surface area (TPSA) is 18.5 Å². The van der Waals surface area contributed by atoms with Gasteiger partial charge in [0, 0.05) is 38.0 Å². The molecule has 0 bridgehead atoms. The van der Waals surface area contributed by atoms with Crippen molar-refractivity contribution in [2.45, 2.75) is 51.6 Å². The van der Waals surface area contributed by atoms with E-state index in [9.17, 15) is 0 Å². The molecule has 1 rings (SSSR count). The van der Waals surface area contributed by atoms with E-state index in [2.05, 4.69) is 29.8 Å². The van der Waals surface area contributed by atoms with E-state index in [1.165, 1.54) is 19.3 Å². The summed E-state index contributed by atoms with van der Waals surface area (Å²) in [6.07, 6.45) is 5.85. The molecule has 0 aromatic carbocycles. The second kappa shape index (κ2) is 7.67. The predicted octanol–water partition coefficient (Wildman–Crippen LogP) is 3.77. The van der Waals surface area contributed by atoms with Crippen molar-refractivity contribution in [2.24, 2.45) is 5.92 Å². The van der Waals surface area contributed by atoms with Crippen LogP contribution < -0.4 is 0 Å².